The molecule has 0 amide bonds. The van der Waals surface area contributed by atoms with E-state index in [1.54, 1.807) is 0 Å². The lowest BCUT2D eigenvalue weighted by molar-refractivity contribution is 0.0555. The number of nitrogens with one attached hydrogen (secondary N) is 1. The zero-order chi connectivity index (χ0) is 13.9. The molecule has 2 rings (SSSR count). The molecule has 106 valence electrons. The average molecular weight is 283 g/mol. The maximum absolute atomic E-state index is 10.2. The number of halogens is 1. The first-order valence-corrected chi connectivity index (χ1v) is 7.24. The molecular weight excluding hydrogens is 260 g/mol. The molecule has 1 saturated carbocycles. The van der Waals surface area contributed by atoms with Crippen molar-refractivity contribution < 1.29 is 5.11 Å². The first-order chi connectivity index (χ1) is 9.05. The molecule has 3 nitrogen and oxygen atoms in total. The highest BCUT2D eigenvalue weighted by atomic mass is 35.5. The molecule has 0 heterocycles. The summed E-state index contributed by atoms with van der Waals surface area (Å²) in [6.07, 6.45) is 3.21. The Morgan fingerprint density at radius 3 is 2.58 bits per heavy atom. The number of hydrogen-bond acceptors (Lipinski definition) is 3. The minimum Gasteiger partial charge on any atom is -0.387 e. The number of hydrogen-bond donors (Lipinski definition) is 2. The van der Waals surface area contributed by atoms with Gasteiger partial charge < -0.3 is 15.3 Å². The number of rotatable bonds is 6. The third-order valence-corrected chi connectivity index (χ3v) is 4.63. The Bertz CT molecular complexity index is 418. The van der Waals surface area contributed by atoms with Gasteiger partial charge in [-0.3, -0.25) is 0 Å². The molecule has 1 fully saturated rings. The van der Waals surface area contributed by atoms with Gasteiger partial charge in [-0.2, -0.15) is 0 Å². The summed E-state index contributed by atoms with van der Waals surface area (Å²) >= 11 is 6.08. The average Bonchev–Trinajstić information content (AvgIpc) is 2.32. The number of benzene rings is 1. The summed E-state index contributed by atoms with van der Waals surface area (Å²) in [5.41, 5.74) is 1.07. The van der Waals surface area contributed by atoms with Crippen molar-refractivity contribution in [1.82, 2.24) is 10.2 Å². The predicted molar refractivity (Wildman–Crippen MR) is 79.6 cm³/mol. The highest BCUT2D eigenvalue weighted by Crippen LogP contribution is 2.35. The lowest BCUT2D eigenvalue weighted by Gasteiger charge is -2.47. The predicted octanol–water partition coefficient (Wildman–Crippen LogP) is 2.45. The molecule has 1 unspecified atom stereocenters. The van der Waals surface area contributed by atoms with Gasteiger partial charge in [-0.1, -0.05) is 29.8 Å². The van der Waals surface area contributed by atoms with Crippen LogP contribution in [-0.4, -0.2) is 42.7 Å². The Labute approximate surface area is 120 Å². The van der Waals surface area contributed by atoms with Gasteiger partial charge in [0.25, 0.3) is 0 Å². The van der Waals surface area contributed by atoms with Crippen molar-refractivity contribution in [1.29, 1.82) is 0 Å². The van der Waals surface area contributed by atoms with Crippen molar-refractivity contribution in [3.8, 4) is 0 Å². The van der Waals surface area contributed by atoms with Crippen molar-refractivity contribution in [3.05, 3.63) is 34.9 Å². The fourth-order valence-electron chi connectivity index (χ4n) is 2.66. The number of aliphatic hydroxyl groups is 1. The molecule has 19 heavy (non-hydrogen) atoms. The summed E-state index contributed by atoms with van der Waals surface area (Å²) in [5.74, 6) is 0. The lowest BCUT2D eigenvalue weighted by Crippen LogP contribution is -2.56. The molecule has 4 heteroatoms. The van der Waals surface area contributed by atoms with Gasteiger partial charge >= 0.3 is 0 Å². The quantitative estimate of drug-likeness (QED) is 0.841. The SMILES string of the molecule is CN(C)C1(CNCC(O)c2ccccc2Cl)CCC1. The molecule has 1 aliphatic carbocycles. The van der Waals surface area contributed by atoms with E-state index in [1.165, 1.54) is 19.3 Å². The Hall–Kier alpha value is -0.610. The first kappa shape index (κ1) is 14.8. The molecule has 0 radical (unpaired) electrons. The van der Waals surface area contributed by atoms with Gasteiger partial charge in [0.2, 0.25) is 0 Å². The van der Waals surface area contributed by atoms with E-state index in [0.29, 0.717) is 11.6 Å². The molecule has 0 spiro atoms. The lowest BCUT2D eigenvalue weighted by atomic mass is 9.75. The Balaban J connectivity index is 1.84. The van der Waals surface area contributed by atoms with Gasteiger partial charge in [-0.25, -0.2) is 0 Å². The van der Waals surface area contributed by atoms with Crippen LogP contribution in [0, 0.1) is 0 Å². The molecule has 0 saturated heterocycles. The largest absolute Gasteiger partial charge is 0.387 e. The van der Waals surface area contributed by atoms with Crippen LogP contribution >= 0.6 is 11.6 Å². The van der Waals surface area contributed by atoms with Crippen molar-refractivity contribution in [2.24, 2.45) is 0 Å². The zero-order valence-corrected chi connectivity index (χ0v) is 12.5. The molecule has 1 aromatic carbocycles. The second-order valence-electron chi connectivity index (χ2n) is 5.64. The normalized spacial score (nSPS) is 19.2. The van der Waals surface area contributed by atoms with Gasteiger partial charge in [-0.05, 0) is 39.4 Å². The fraction of sp³-hybridized carbons (Fsp3) is 0.600. The maximum atomic E-state index is 10.2. The highest BCUT2D eigenvalue weighted by molar-refractivity contribution is 6.31. The van der Waals surface area contributed by atoms with Crippen LogP contribution in [0.5, 0.6) is 0 Å². The first-order valence-electron chi connectivity index (χ1n) is 6.86. The van der Waals surface area contributed by atoms with E-state index < -0.39 is 6.10 Å². The molecule has 0 aliphatic heterocycles. The summed E-state index contributed by atoms with van der Waals surface area (Å²) in [7, 11) is 4.26. The summed E-state index contributed by atoms with van der Waals surface area (Å²) in [6, 6.07) is 7.46. The molecule has 1 aromatic rings. The van der Waals surface area contributed by atoms with E-state index in [1.807, 2.05) is 24.3 Å². The Kier molecular flexibility index (Phi) is 4.85. The molecule has 1 aliphatic rings. The Morgan fingerprint density at radius 1 is 1.37 bits per heavy atom. The smallest absolute Gasteiger partial charge is 0.0928 e. The summed E-state index contributed by atoms with van der Waals surface area (Å²) < 4.78 is 0. The van der Waals surface area contributed by atoms with Crippen LogP contribution in [0.3, 0.4) is 0 Å². The van der Waals surface area contributed by atoms with Gasteiger partial charge in [-0.15, -0.1) is 0 Å². The number of likely N-dealkylation sites (N-methyl/N-ethyl adjacent to an activating group) is 1. The molecule has 0 bridgehead atoms. The molecule has 1 atom stereocenters. The second kappa shape index (κ2) is 6.23. The second-order valence-corrected chi connectivity index (χ2v) is 6.05. The third-order valence-electron chi connectivity index (χ3n) is 4.29. The maximum Gasteiger partial charge on any atom is 0.0928 e. The van der Waals surface area contributed by atoms with Crippen LogP contribution in [0.15, 0.2) is 24.3 Å². The zero-order valence-electron chi connectivity index (χ0n) is 11.7. The summed E-state index contributed by atoms with van der Waals surface area (Å²) in [5, 5.41) is 14.2. The molecular formula is C15H23ClN2O. The van der Waals surface area contributed by atoms with Crippen molar-refractivity contribution >= 4 is 11.6 Å². The van der Waals surface area contributed by atoms with E-state index in [0.717, 1.165) is 12.1 Å². The van der Waals surface area contributed by atoms with Gasteiger partial charge in [0.05, 0.1) is 6.10 Å². The summed E-state index contributed by atoms with van der Waals surface area (Å²) in [4.78, 5) is 2.30. The van der Waals surface area contributed by atoms with Crippen LogP contribution in [0.2, 0.25) is 5.02 Å². The van der Waals surface area contributed by atoms with Crippen molar-refractivity contribution in [2.45, 2.75) is 30.9 Å². The van der Waals surface area contributed by atoms with Crippen LogP contribution < -0.4 is 5.32 Å². The number of nitrogens with zero attached hydrogens (tertiary/aromatic N) is 1. The van der Waals surface area contributed by atoms with Gasteiger partial charge in [0, 0.05) is 29.2 Å². The number of aliphatic hydroxyl groups excluding tert-OH is 1. The highest BCUT2D eigenvalue weighted by Gasteiger charge is 2.38. The van der Waals surface area contributed by atoms with E-state index >= 15 is 0 Å². The van der Waals surface area contributed by atoms with Crippen LogP contribution in [0.1, 0.15) is 30.9 Å². The fourth-order valence-corrected chi connectivity index (χ4v) is 2.93. The third kappa shape index (κ3) is 3.29. The minimum atomic E-state index is -0.548. The Morgan fingerprint density at radius 2 is 2.05 bits per heavy atom. The van der Waals surface area contributed by atoms with Crippen molar-refractivity contribution in [3.63, 3.8) is 0 Å². The van der Waals surface area contributed by atoms with Crippen LogP contribution in [0.4, 0.5) is 0 Å². The molecule has 2 N–H and O–H groups in total. The van der Waals surface area contributed by atoms with Gasteiger partial charge in [0.1, 0.15) is 0 Å². The van der Waals surface area contributed by atoms with E-state index in [-0.39, 0.29) is 5.54 Å². The summed E-state index contributed by atoms with van der Waals surface area (Å²) in [6.45, 7) is 1.46. The monoisotopic (exact) mass is 282 g/mol. The topological polar surface area (TPSA) is 35.5 Å². The van der Waals surface area contributed by atoms with Crippen molar-refractivity contribution in [2.75, 3.05) is 27.2 Å². The van der Waals surface area contributed by atoms with Crippen LogP contribution in [0.25, 0.3) is 0 Å². The van der Waals surface area contributed by atoms with Crippen LogP contribution in [-0.2, 0) is 0 Å². The molecule has 0 aromatic heterocycles. The van der Waals surface area contributed by atoms with E-state index in [4.69, 9.17) is 11.6 Å². The van der Waals surface area contributed by atoms with E-state index in [2.05, 4.69) is 24.3 Å². The standard InChI is InChI=1S/C15H23ClN2O/c1-18(2)15(8-5-9-15)11-17-10-14(19)12-6-3-4-7-13(12)16/h3-4,6-7,14,17,19H,5,8-11H2,1-2H3. The van der Waals surface area contributed by atoms with Gasteiger partial charge in [0.15, 0.2) is 0 Å². The van der Waals surface area contributed by atoms with E-state index in [9.17, 15) is 5.11 Å². The minimum absolute atomic E-state index is 0.278.